The molecule has 0 unspecified atom stereocenters. The Morgan fingerprint density at radius 1 is 1.00 bits per heavy atom. The smallest absolute Gasteiger partial charge is 0.262 e. The monoisotopic (exact) mass is 407 g/mol. The molecule has 0 spiro atoms. The summed E-state index contributed by atoms with van der Waals surface area (Å²) in [5.41, 5.74) is 1.14. The fourth-order valence-corrected chi connectivity index (χ4v) is 3.26. The lowest BCUT2D eigenvalue weighted by Gasteiger charge is -2.14. The lowest BCUT2D eigenvalue weighted by atomic mass is 10.1. The summed E-state index contributed by atoms with van der Waals surface area (Å²) in [6.45, 7) is -0.269. The molecule has 0 saturated heterocycles. The number of para-hydroxylation sites is 1. The van der Waals surface area contributed by atoms with Crippen molar-refractivity contribution in [3.63, 3.8) is 0 Å². The third-order valence-corrected chi connectivity index (χ3v) is 4.74. The molecule has 3 aromatic carbocycles. The minimum atomic E-state index is -0.441. The Morgan fingerprint density at radius 2 is 1.69 bits per heavy atom. The molecule has 0 saturated carbocycles. The Bertz CT molecular complexity index is 1270. The third-order valence-electron chi connectivity index (χ3n) is 4.41. The van der Waals surface area contributed by atoms with Crippen molar-refractivity contribution < 1.29 is 9.18 Å². The van der Waals surface area contributed by atoms with E-state index in [1.165, 1.54) is 28.8 Å². The highest BCUT2D eigenvalue weighted by atomic mass is 35.5. The van der Waals surface area contributed by atoms with Gasteiger partial charge in [-0.3, -0.25) is 14.2 Å². The second-order valence-electron chi connectivity index (χ2n) is 6.38. The molecule has 1 aromatic heterocycles. The highest BCUT2D eigenvalue weighted by Gasteiger charge is 2.17. The fraction of sp³-hybridized carbons (Fsp3) is 0.0455. The fourth-order valence-electron chi connectivity index (χ4n) is 3.04. The van der Waals surface area contributed by atoms with Crippen LogP contribution in [0.5, 0.6) is 0 Å². The van der Waals surface area contributed by atoms with E-state index in [-0.39, 0.29) is 12.1 Å². The van der Waals surface area contributed by atoms with E-state index in [9.17, 15) is 14.0 Å². The Balaban J connectivity index is 1.79. The van der Waals surface area contributed by atoms with Gasteiger partial charge < -0.3 is 5.32 Å². The highest BCUT2D eigenvalue weighted by Crippen LogP contribution is 2.26. The van der Waals surface area contributed by atoms with E-state index >= 15 is 0 Å². The first kappa shape index (κ1) is 18.8. The second-order valence-corrected chi connectivity index (χ2v) is 6.79. The number of carbonyl (C=O) groups excluding carboxylic acids is 1. The van der Waals surface area contributed by atoms with Gasteiger partial charge in [0.1, 0.15) is 18.2 Å². The summed E-state index contributed by atoms with van der Waals surface area (Å²) in [7, 11) is 0. The van der Waals surface area contributed by atoms with Gasteiger partial charge >= 0.3 is 0 Å². The first-order chi connectivity index (χ1) is 14.0. The molecule has 0 aliphatic heterocycles. The van der Waals surface area contributed by atoms with Crippen molar-refractivity contribution in [3.8, 4) is 11.4 Å². The lowest BCUT2D eigenvalue weighted by molar-refractivity contribution is -0.116. The zero-order valence-electron chi connectivity index (χ0n) is 15.1. The second kappa shape index (κ2) is 7.85. The van der Waals surface area contributed by atoms with E-state index in [2.05, 4.69) is 10.3 Å². The minimum absolute atomic E-state index is 0.269. The Morgan fingerprint density at radius 3 is 2.45 bits per heavy atom. The van der Waals surface area contributed by atoms with Crippen molar-refractivity contribution in [2.24, 2.45) is 0 Å². The predicted octanol–water partition coefficient (Wildman–Crippen LogP) is 4.49. The summed E-state index contributed by atoms with van der Waals surface area (Å²) in [6, 6.07) is 19.3. The number of amides is 1. The summed E-state index contributed by atoms with van der Waals surface area (Å²) in [5.74, 6) is -0.545. The molecule has 0 aliphatic carbocycles. The normalized spacial score (nSPS) is 10.8. The lowest BCUT2D eigenvalue weighted by Crippen LogP contribution is -2.30. The largest absolute Gasteiger partial charge is 0.325 e. The van der Waals surface area contributed by atoms with Gasteiger partial charge in [-0.15, -0.1) is 0 Å². The Kier molecular flexibility index (Phi) is 5.10. The molecule has 29 heavy (non-hydrogen) atoms. The number of carbonyl (C=O) groups is 1. The molecule has 1 heterocycles. The molecule has 5 nitrogen and oxygen atoms in total. The van der Waals surface area contributed by atoms with E-state index in [1.807, 2.05) is 0 Å². The molecule has 4 aromatic rings. The number of aromatic nitrogens is 2. The summed E-state index contributed by atoms with van der Waals surface area (Å²) < 4.78 is 14.4. The first-order valence-electron chi connectivity index (χ1n) is 8.83. The van der Waals surface area contributed by atoms with E-state index < -0.39 is 11.7 Å². The van der Waals surface area contributed by atoms with E-state index in [4.69, 9.17) is 11.6 Å². The Labute approximate surface area is 170 Å². The Hall–Kier alpha value is -3.51. The van der Waals surface area contributed by atoms with Crippen molar-refractivity contribution in [3.05, 3.63) is 94.0 Å². The van der Waals surface area contributed by atoms with Crippen LogP contribution in [0.25, 0.3) is 22.3 Å². The maximum absolute atomic E-state index is 13.1. The molecule has 1 amide bonds. The topological polar surface area (TPSA) is 64.0 Å². The van der Waals surface area contributed by atoms with Crippen LogP contribution in [0.4, 0.5) is 10.1 Å². The molecule has 1 N–H and O–H groups in total. The number of fused-ring (bicyclic) bond motifs is 1. The molecule has 0 bridgehead atoms. The summed E-state index contributed by atoms with van der Waals surface area (Å²) in [6.07, 6.45) is 0. The van der Waals surface area contributed by atoms with Gasteiger partial charge in [-0.05, 0) is 48.5 Å². The molecule has 7 heteroatoms. The van der Waals surface area contributed by atoms with Crippen LogP contribution in [0.2, 0.25) is 5.02 Å². The predicted molar refractivity (Wildman–Crippen MR) is 111 cm³/mol. The van der Waals surface area contributed by atoms with Crippen LogP contribution >= 0.6 is 11.6 Å². The van der Waals surface area contributed by atoms with Gasteiger partial charge in [0.25, 0.3) is 5.56 Å². The maximum Gasteiger partial charge on any atom is 0.262 e. The molecule has 4 rings (SSSR count). The number of hydrogen-bond acceptors (Lipinski definition) is 3. The van der Waals surface area contributed by atoms with Gasteiger partial charge in [0.2, 0.25) is 5.91 Å². The van der Waals surface area contributed by atoms with Crippen LogP contribution in [0, 0.1) is 5.82 Å². The van der Waals surface area contributed by atoms with Crippen molar-refractivity contribution in [2.45, 2.75) is 6.54 Å². The molecular weight excluding hydrogens is 393 g/mol. The van der Waals surface area contributed by atoms with Crippen molar-refractivity contribution in [1.29, 1.82) is 0 Å². The molecule has 0 atom stereocenters. The number of hydrogen-bond donors (Lipinski definition) is 1. The molecule has 0 radical (unpaired) electrons. The average Bonchev–Trinajstić information content (AvgIpc) is 2.72. The number of anilines is 1. The first-order valence-corrected chi connectivity index (χ1v) is 9.20. The van der Waals surface area contributed by atoms with Gasteiger partial charge in [-0.2, -0.15) is 0 Å². The zero-order chi connectivity index (χ0) is 20.4. The van der Waals surface area contributed by atoms with E-state index in [0.717, 1.165) is 0 Å². The van der Waals surface area contributed by atoms with Gasteiger partial charge in [-0.1, -0.05) is 35.9 Å². The van der Waals surface area contributed by atoms with Crippen LogP contribution in [0.3, 0.4) is 0 Å². The number of rotatable bonds is 4. The van der Waals surface area contributed by atoms with Crippen molar-refractivity contribution in [1.82, 2.24) is 9.55 Å². The summed E-state index contributed by atoms with van der Waals surface area (Å²) >= 11 is 6.32. The SMILES string of the molecule is O=C(Cn1c(-c2ccccc2Cl)nc2ccccc2c1=O)Nc1ccc(F)cc1. The summed E-state index contributed by atoms with van der Waals surface area (Å²) in [4.78, 5) is 30.3. The average molecular weight is 408 g/mol. The van der Waals surface area contributed by atoms with E-state index in [1.54, 1.807) is 48.5 Å². The van der Waals surface area contributed by atoms with Crippen LogP contribution < -0.4 is 10.9 Å². The zero-order valence-corrected chi connectivity index (χ0v) is 15.9. The molecule has 0 fully saturated rings. The number of nitrogens with one attached hydrogen (secondary N) is 1. The van der Waals surface area contributed by atoms with Crippen LogP contribution in [-0.4, -0.2) is 15.5 Å². The van der Waals surface area contributed by atoms with E-state index in [0.29, 0.717) is 33.0 Å². The van der Waals surface area contributed by atoms with Gasteiger partial charge in [0.15, 0.2) is 0 Å². The van der Waals surface area contributed by atoms with Crippen LogP contribution in [0.1, 0.15) is 0 Å². The third kappa shape index (κ3) is 3.88. The van der Waals surface area contributed by atoms with Gasteiger partial charge in [-0.25, -0.2) is 9.37 Å². The number of halogens is 2. The number of benzene rings is 3. The van der Waals surface area contributed by atoms with Crippen LogP contribution in [0.15, 0.2) is 77.6 Å². The molecule has 144 valence electrons. The molecular formula is C22H15ClFN3O2. The standard InChI is InChI=1S/C22H15ClFN3O2/c23-18-7-3-1-5-16(18)21-26-19-8-4-2-6-17(19)22(29)27(21)13-20(28)25-15-11-9-14(24)10-12-15/h1-12H,13H2,(H,25,28). The van der Waals surface area contributed by atoms with Gasteiger partial charge in [0.05, 0.1) is 15.9 Å². The van der Waals surface area contributed by atoms with Crippen LogP contribution in [-0.2, 0) is 11.3 Å². The van der Waals surface area contributed by atoms with Gasteiger partial charge in [0, 0.05) is 11.3 Å². The highest BCUT2D eigenvalue weighted by molar-refractivity contribution is 6.33. The summed E-state index contributed by atoms with van der Waals surface area (Å²) in [5, 5.41) is 3.48. The quantitative estimate of drug-likeness (QED) is 0.542. The van der Waals surface area contributed by atoms with Crippen molar-refractivity contribution >= 4 is 34.1 Å². The molecule has 0 aliphatic rings. The minimum Gasteiger partial charge on any atom is -0.325 e. The van der Waals surface area contributed by atoms with Crippen molar-refractivity contribution in [2.75, 3.05) is 5.32 Å². The maximum atomic E-state index is 13.1. The number of nitrogens with zero attached hydrogens (tertiary/aromatic N) is 2.